The molecule has 0 aliphatic rings. The zero-order valence-corrected chi connectivity index (χ0v) is 17.4. The van der Waals surface area contributed by atoms with Crippen molar-refractivity contribution in [3.05, 3.63) is 89.0 Å². The lowest BCUT2D eigenvalue weighted by molar-refractivity contribution is -0.119. The molecule has 0 atom stereocenters. The lowest BCUT2D eigenvalue weighted by Crippen LogP contribution is -2.21. The zero-order chi connectivity index (χ0) is 22.2. The molecule has 1 amide bonds. The summed E-state index contributed by atoms with van der Waals surface area (Å²) in [5, 5.41) is 14.7. The molecule has 6 heteroatoms. The van der Waals surface area contributed by atoms with E-state index in [0.717, 1.165) is 22.4 Å². The third-order valence-electron chi connectivity index (χ3n) is 4.88. The lowest BCUT2D eigenvalue weighted by atomic mass is 10.1. The number of hydrogen-bond acceptors (Lipinski definition) is 5. The Morgan fingerprint density at radius 2 is 1.65 bits per heavy atom. The summed E-state index contributed by atoms with van der Waals surface area (Å²) in [5.74, 6) is -1.03. The van der Waals surface area contributed by atoms with Crippen LogP contribution in [0.3, 0.4) is 0 Å². The number of rotatable bonds is 7. The Labute approximate surface area is 181 Å². The third kappa shape index (κ3) is 5.71. The topological polar surface area (TPSA) is 91.2 Å². The summed E-state index contributed by atoms with van der Waals surface area (Å²) in [5.41, 5.74) is 5.51. The Bertz CT molecular complexity index is 1130. The van der Waals surface area contributed by atoms with E-state index in [2.05, 4.69) is 16.7 Å². The number of benzene rings is 3. The number of aryl methyl sites for hydroxylation is 1. The summed E-state index contributed by atoms with van der Waals surface area (Å²) in [6.07, 6.45) is 0.307. The van der Waals surface area contributed by atoms with Crippen molar-refractivity contribution in [2.75, 3.05) is 17.2 Å². The summed E-state index contributed by atoms with van der Waals surface area (Å²) in [6, 6.07) is 21.9. The van der Waals surface area contributed by atoms with Gasteiger partial charge in [-0.15, -0.1) is 0 Å². The normalized spacial score (nSPS) is 10.1. The van der Waals surface area contributed by atoms with Gasteiger partial charge >= 0.3 is 5.97 Å². The van der Waals surface area contributed by atoms with E-state index in [4.69, 9.17) is 10.00 Å². The Morgan fingerprint density at radius 1 is 0.935 bits per heavy atom. The van der Waals surface area contributed by atoms with Crippen LogP contribution in [0, 0.1) is 25.2 Å². The fourth-order valence-electron chi connectivity index (χ4n) is 3.00. The lowest BCUT2D eigenvalue weighted by Gasteiger charge is -2.14. The van der Waals surface area contributed by atoms with Crippen LogP contribution in [-0.4, -0.2) is 18.5 Å². The van der Waals surface area contributed by atoms with E-state index in [-0.39, 0.29) is 0 Å². The molecular formula is C25H23N3O3. The third-order valence-corrected chi connectivity index (χ3v) is 4.88. The molecule has 2 N–H and O–H groups in total. The number of carbonyl (C=O) groups is 2. The number of ether oxygens (including phenoxy) is 1. The molecule has 156 valence electrons. The van der Waals surface area contributed by atoms with Gasteiger partial charge in [0.1, 0.15) is 0 Å². The van der Waals surface area contributed by atoms with Gasteiger partial charge in [-0.3, -0.25) is 4.79 Å². The summed E-state index contributed by atoms with van der Waals surface area (Å²) in [7, 11) is 0. The number of hydrogen-bond donors (Lipinski definition) is 2. The molecule has 0 aliphatic carbocycles. The SMILES string of the molecule is Cc1cccc(Nc2ccccc2C(=O)OCC(=O)Nc2ccc(CC#N)cc2)c1C. The molecule has 0 radical (unpaired) electrons. The number of carbonyl (C=O) groups excluding carboxylic acids is 2. The van der Waals surface area contributed by atoms with E-state index < -0.39 is 18.5 Å². The molecule has 0 unspecified atom stereocenters. The van der Waals surface area contributed by atoms with E-state index in [1.54, 1.807) is 42.5 Å². The molecule has 0 aliphatic heterocycles. The molecule has 31 heavy (non-hydrogen) atoms. The molecule has 0 bridgehead atoms. The van der Waals surface area contributed by atoms with Gasteiger partial charge in [0.2, 0.25) is 0 Å². The quantitative estimate of drug-likeness (QED) is 0.537. The van der Waals surface area contributed by atoms with Gasteiger partial charge in [0, 0.05) is 11.4 Å². The maximum Gasteiger partial charge on any atom is 0.340 e. The second-order valence-corrected chi connectivity index (χ2v) is 7.07. The highest BCUT2D eigenvalue weighted by atomic mass is 16.5. The van der Waals surface area contributed by atoms with Gasteiger partial charge in [-0.2, -0.15) is 5.26 Å². The smallest absolute Gasteiger partial charge is 0.340 e. The van der Waals surface area contributed by atoms with Gasteiger partial charge in [-0.25, -0.2) is 4.79 Å². The monoisotopic (exact) mass is 413 g/mol. The molecule has 3 aromatic carbocycles. The number of nitrogens with one attached hydrogen (secondary N) is 2. The minimum absolute atomic E-state index is 0.307. The summed E-state index contributed by atoms with van der Waals surface area (Å²) >= 11 is 0. The fourth-order valence-corrected chi connectivity index (χ4v) is 3.00. The van der Waals surface area contributed by atoms with Crippen LogP contribution in [0.5, 0.6) is 0 Å². The first-order chi connectivity index (χ1) is 15.0. The number of esters is 1. The van der Waals surface area contributed by atoms with Crippen LogP contribution in [0.25, 0.3) is 0 Å². The first-order valence-electron chi connectivity index (χ1n) is 9.83. The molecule has 0 aromatic heterocycles. The van der Waals surface area contributed by atoms with Crippen molar-refractivity contribution in [3.63, 3.8) is 0 Å². The van der Waals surface area contributed by atoms with E-state index >= 15 is 0 Å². The second-order valence-electron chi connectivity index (χ2n) is 7.07. The van der Waals surface area contributed by atoms with Gasteiger partial charge in [0.25, 0.3) is 5.91 Å². The van der Waals surface area contributed by atoms with E-state index in [0.29, 0.717) is 23.4 Å². The van der Waals surface area contributed by atoms with E-state index in [1.807, 2.05) is 38.1 Å². The second kappa shape index (κ2) is 10.1. The molecule has 0 saturated carbocycles. The number of nitrogens with zero attached hydrogens (tertiary/aromatic N) is 1. The molecule has 3 aromatic rings. The van der Waals surface area contributed by atoms with Crippen molar-refractivity contribution in [2.24, 2.45) is 0 Å². The Kier molecular flexibility index (Phi) is 7.02. The molecule has 3 rings (SSSR count). The highest BCUT2D eigenvalue weighted by Crippen LogP contribution is 2.25. The molecule has 0 heterocycles. The van der Waals surface area contributed by atoms with Crippen molar-refractivity contribution in [1.82, 2.24) is 0 Å². The zero-order valence-electron chi connectivity index (χ0n) is 17.4. The summed E-state index contributed by atoms with van der Waals surface area (Å²) < 4.78 is 5.22. The van der Waals surface area contributed by atoms with Gasteiger partial charge in [-0.1, -0.05) is 36.4 Å². The Morgan fingerprint density at radius 3 is 2.39 bits per heavy atom. The van der Waals surface area contributed by atoms with Crippen molar-refractivity contribution in [3.8, 4) is 6.07 Å². The maximum atomic E-state index is 12.6. The Balaban J connectivity index is 1.62. The van der Waals surface area contributed by atoms with Gasteiger partial charge in [0.05, 0.1) is 23.7 Å². The number of amides is 1. The summed E-state index contributed by atoms with van der Waals surface area (Å²) in [4.78, 5) is 24.8. The minimum atomic E-state index is -0.590. The standard InChI is InChI=1S/C25H23N3O3/c1-17-6-5-9-22(18(17)2)28-23-8-4-3-7-21(23)25(30)31-16-24(29)27-20-12-10-19(11-13-20)14-15-26/h3-13,28H,14,16H2,1-2H3,(H,27,29). The van der Waals surface area contributed by atoms with Crippen LogP contribution in [0.15, 0.2) is 66.7 Å². The maximum absolute atomic E-state index is 12.6. The van der Waals surface area contributed by atoms with Gasteiger partial charge < -0.3 is 15.4 Å². The predicted molar refractivity (Wildman–Crippen MR) is 120 cm³/mol. The van der Waals surface area contributed by atoms with Crippen LogP contribution in [0.4, 0.5) is 17.1 Å². The van der Waals surface area contributed by atoms with Crippen LogP contribution >= 0.6 is 0 Å². The fraction of sp³-hybridized carbons (Fsp3) is 0.160. The largest absolute Gasteiger partial charge is 0.452 e. The van der Waals surface area contributed by atoms with Crippen molar-refractivity contribution < 1.29 is 14.3 Å². The molecule has 0 spiro atoms. The number of anilines is 3. The first kappa shape index (κ1) is 21.6. The van der Waals surface area contributed by atoms with Crippen molar-refractivity contribution in [1.29, 1.82) is 5.26 Å². The summed E-state index contributed by atoms with van der Waals surface area (Å²) in [6.45, 7) is 3.63. The van der Waals surface area contributed by atoms with E-state index in [9.17, 15) is 9.59 Å². The van der Waals surface area contributed by atoms with Crippen LogP contribution in [0.1, 0.15) is 27.0 Å². The predicted octanol–water partition coefficient (Wildman–Crippen LogP) is 4.91. The number of nitriles is 1. The first-order valence-corrected chi connectivity index (χ1v) is 9.83. The average molecular weight is 413 g/mol. The van der Waals surface area contributed by atoms with Crippen LogP contribution in [-0.2, 0) is 16.0 Å². The van der Waals surface area contributed by atoms with Crippen molar-refractivity contribution >= 4 is 28.9 Å². The molecule has 6 nitrogen and oxygen atoms in total. The van der Waals surface area contributed by atoms with E-state index in [1.165, 1.54) is 0 Å². The highest BCUT2D eigenvalue weighted by molar-refractivity contribution is 5.99. The molecular weight excluding hydrogens is 390 g/mol. The molecule has 0 saturated heterocycles. The Hall–Kier alpha value is -4.11. The van der Waals surface area contributed by atoms with Crippen LogP contribution in [0.2, 0.25) is 0 Å². The highest BCUT2D eigenvalue weighted by Gasteiger charge is 2.15. The van der Waals surface area contributed by atoms with Gasteiger partial charge in [0.15, 0.2) is 6.61 Å². The molecule has 0 fully saturated rings. The number of para-hydroxylation sites is 1. The van der Waals surface area contributed by atoms with Crippen LogP contribution < -0.4 is 10.6 Å². The van der Waals surface area contributed by atoms with Gasteiger partial charge in [-0.05, 0) is 60.9 Å². The minimum Gasteiger partial charge on any atom is -0.452 e. The van der Waals surface area contributed by atoms with Crippen molar-refractivity contribution in [2.45, 2.75) is 20.3 Å². The average Bonchev–Trinajstić information content (AvgIpc) is 2.77.